The number of ketones is 2. The molecule has 5 heteroatoms. The summed E-state index contributed by atoms with van der Waals surface area (Å²) in [7, 11) is 0. The second-order valence-corrected chi connectivity index (χ2v) is 7.54. The lowest BCUT2D eigenvalue weighted by Gasteiger charge is -2.26. The zero-order valence-corrected chi connectivity index (χ0v) is 15.4. The number of nitrogens with two attached hydrogens (primary N) is 1. The highest BCUT2D eigenvalue weighted by molar-refractivity contribution is 5.97. The topological polar surface area (TPSA) is 81.4 Å². The third-order valence-electron chi connectivity index (χ3n) is 5.74. The molecule has 2 aliphatic rings. The summed E-state index contributed by atoms with van der Waals surface area (Å²) >= 11 is 0. The fourth-order valence-electron chi connectivity index (χ4n) is 3.93. The highest BCUT2D eigenvalue weighted by atomic mass is 16.5. The van der Waals surface area contributed by atoms with E-state index in [9.17, 15) is 9.59 Å². The van der Waals surface area contributed by atoms with Gasteiger partial charge in [-0.1, -0.05) is 24.3 Å². The largest absolute Gasteiger partial charge is 0.368 e. The molecule has 1 saturated carbocycles. The molecule has 26 heavy (non-hydrogen) atoms. The molecule has 1 heterocycles. The second-order valence-electron chi connectivity index (χ2n) is 7.54. The van der Waals surface area contributed by atoms with Gasteiger partial charge in [0.25, 0.3) is 0 Å². The first kappa shape index (κ1) is 19.2. The molecule has 0 radical (unpaired) electrons. The normalized spacial score (nSPS) is 26.4. The first-order valence-corrected chi connectivity index (χ1v) is 9.85. The second kappa shape index (κ2) is 9.40. The number of carbonyl (C=O) groups excluding carboxylic acids is 2. The van der Waals surface area contributed by atoms with Gasteiger partial charge in [0.15, 0.2) is 11.6 Å². The van der Waals surface area contributed by atoms with E-state index < -0.39 is 0 Å². The summed E-state index contributed by atoms with van der Waals surface area (Å²) in [4.78, 5) is 24.8. The summed E-state index contributed by atoms with van der Waals surface area (Å²) in [5.41, 5.74) is 7.61. The van der Waals surface area contributed by atoms with Crippen molar-refractivity contribution in [2.45, 2.75) is 44.6 Å². The van der Waals surface area contributed by atoms with Gasteiger partial charge < -0.3 is 15.8 Å². The van der Waals surface area contributed by atoms with Crippen molar-refractivity contribution in [3.63, 3.8) is 0 Å². The minimum absolute atomic E-state index is 0.140. The summed E-state index contributed by atoms with van der Waals surface area (Å²) in [6.07, 6.45) is 4.88. The Kier molecular flexibility index (Phi) is 6.94. The van der Waals surface area contributed by atoms with Gasteiger partial charge in [-0.2, -0.15) is 0 Å². The molecule has 1 aliphatic heterocycles. The number of Topliss-reactive ketones (excluding diaryl/α,β-unsaturated/α-hetero) is 2. The Morgan fingerprint density at radius 1 is 1.12 bits per heavy atom. The number of hydrogen-bond donors (Lipinski definition) is 2. The van der Waals surface area contributed by atoms with E-state index in [4.69, 9.17) is 10.5 Å². The zero-order valence-electron chi connectivity index (χ0n) is 15.4. The van der Waals surface area contributed by atoms with Gasteiger partial charge in [0.1, 0.15) is 6.10 Å². The minimum Gasteiger partial charge on any atom is -0.368 e. The summed E-state index contributed by atoms with van der Waals surface area (Å²) in [5, 5.41) is 3.18. The molecule has 142 valence electrons. The van der Waals surface area contributed by atoms with Gasteiger partial charge in [-0.25, -0.2) is 0 Å². The van der Waals surface area contributed by atoms with E-state index in [0.29, 0.717) is 31.9 Å². The van der Waals surface area contributed by atoms with Crippen molar-refractivity contribution < 1.29 is 14.3 Å². The van der Waals surface area contributed by atoms with Crippen LogP contribution in [0.25, 0.3) is 0 Å². The number of carbonyl (C=O) groups is 2. The Hall–Kier alpha value is -1.56. The molecule has 1 aromatic carbocycles. The molecule has 0 aromatic heterocycles. The minimum atomic E-state index is -0.312. The van der Waals surface area contributed by atoms with Gasteiger partial charge >= 0.3 is 0 Å². The fraction of sp³-hybridized carbons (Fsp3) is 0.619. The summed E-state index contributed by atoms with van der Waals surface area (Å²) in [5.74, 6) is 1.13. The lowest BCUT2D eigenvalue weighted by molar-refractivity contribution is -0.131. The van der Waals surface area contributed by atoms with Crippen LogP contribution in [0.1, 0.15) is 48.0 Å². The molecule has 1 saturated heterocycles. The molecule has 3 rings (SSSR count). The summed E-state index contributed by atoms with van der Waals surface area (Å²) < 4.78 is 5.50. The molecule has 0 spiro atoms. The predicted molar refractivity (Wildman–Crippen MR) is 101 cm³/mol. The molecule has 1 atom stereocenters. The average Bonchev–Trinajstić information content (AvgIpc) is 2.72. The summed E-state index contributed by atoms with van der Waals surface area (Å²) in [6.45, 7) is 2.75. The molecule has 5 nitrogen and oxygen atoms in total. The van der Waals surface area contributed by atoms with Crippen molar-refractivity contribution in [3.05, 3.63) is 35.4 Å². The van der Waals surface area contributed by atoms with Crippen LogP contribution in [-0.2, 0) is 16.0 Å². The number of hydrogen-bond acceptors (Lipinski definition) is 5. The van der Waals surface area contributed by atoms with Crippen LogP contribution in [0, 0.1) is 11.8 Å². The standard InChI is InChI=1S/C21H30N2O3/c22-13-16-3-8-18(9-4-16)21(25)17-6-1-15(2-7-17)5-10-19(24)20-14-23-11-12-26-20/h1-2,6-7,16,18,20,23H,3-5,8-14,22H2. The Bertz CT molecular complexity index is 600. The SMILES string of the molecule is NCC1CCC(C(=O)c2ccc(CCC(=O)C3CNCCO3)cc2)CC1. The highest BCUT2D eigenvalue weighted by Crippen LogP contribution is 2.30. The molecule has 0 bridgehead atoms. The van der Waals surface area contributed by atoms with E-state index in [2.05, 4.69) is 5.32 Å². The molecular weight excluding hydrogens is 328 g/mol. The molecule has 1 aromatic rings. The van der Waals surface area contributed by atoms with Crippen LogP contribution < -0.4 is 11.1 Å². The first-order valence-electron chi connectivity index (χ1n) is 9.85. The average molecular weight is 358 g/mol. The van der Waals surface area contributed by atoms with Crippen molar-refractivity contribution >= 4 is 11.6 Å². The third-order valence-corrected chi connectivity index (χ3v) is 5.74. The van der Waals surface area contributed by atoms with Gasteiger partial charge in [-0.15, -0.1) is 0 Å². The fourth-order valence-corrected chi connectivity index (χ4v) is 3.93. The van der Waals surface area contributed by atoms with E-state index >= 15 is 0 Å². The third kappa shape index (κ3) is 5.00. The lowest BCUT2D eigenvalue weighted by Crippen LogP contribution is -2.43. The van der Waals surface area contributed by atoms with Crippen molar-refractivity contribution in [2.75, 3.05) is 26.2 Å². The van der Waals surface area contributed by atoms with Gasteiger partial charge in [0.2, 0.25) is 0 Å². The number of morpholine rings is 1. The van der Waals surface area contributed by atoms with Crippen LogP contribution >= 0.6 is 0 Å². The van der Waals surface area contributed by atoms with Crippen molar-refractivity contribution in [1.82, 2.24) is 5.32 Å². The number of nitrogens with one attached hydrogen (secondary N) is 1. The molecular formula is C21H30N2O3. The van der Waals surface area contributed by atoms with Gasteiger partial charge in [-0.3, -0.25) is 9.59 Å². The molecule has 1 unspecified atom stereocenters. The van der Waals surface area contributed by atoms with Crippen LogP contribution in [0.2, 0.25) is 0 Å². The number of benzene rings is 1. The molecule has 1 aliphatic carbocycles. The lowest BCUT2D eigenvalue weighted by atomic mass is 9.78. The van der Waals surface area contributed by atoms with E-state index in [0.717, 1.165) is 49.9 Å². The summed E-state index contributed by atoms with van der Waals surface area (Å²) in [6, 6.07) is 7.78. The van der Waals surface area contributed by atoms with Crippen molar-refractivity contribution in [3.8, 4) is 0 Å². The van der Waals surface area contributed by atoms with Gasteiger partial charge in [0, 0.05) is 31.0 Å². The van der Waals surface area contributed by atoms with Crippen LogP contribution in [0.15, 0.2) is 24.3 Å². The van der Waals surface area contributed by atoms with Crippen LogP contribution in [0.5, 0.6) is 0 Å². The Morgan fingerprint density at radius 3 is 2.46 bits per heavy atom. The van der Waals surface area contributed by atoms with E-state index in [1.807, 2.05) is 24.3 Å². The van der Waals surface area contributed by atoms with Crippen LogP contribution in [-0.4, -0.2) is 43.9 Å². The van der Waals surface area contributed by atoms with Crippen LogP contribution in [0.3, 0.4) is 0 Å². The quantitative estimate of drug-likeness (QED) is 0.730. The maximum Gasteiger partial charge on any atom is 0.165 e. The Labute approximate surface area is 155 Å². The van der Waals surface area contributed by atoms with E-state index in [-0.39, 0.29) is 23.6 Å². The molecule has 2 fully saturated rings. The monoisotopic (exact) mass is 358 g/mol. The zero-order chi connectivity index (χ0) is 18.4. The number of rotatable bonds is 7. The van der Waals surface area contributed by atoms with Gasteiger partial charge in [-0.05, 0) is 50.1 Å². The maximum absolute atomic E-state index is 12.7. The Morgan fingerprint density at radius 2 is 1.85 bits per heavy atom. The number of aryl methyl sites for hydroxylation is 1. The predicted octanol–water partition coefficient (Wildman–Crippen LogP) is 2.12. The van der Waals surface area contributed by atoms with Crippen LogP contribution in [0.4, 0.5) is 0 Å². The van der Waals surface area contributed by atoms with Crippen molar-refractivity contribution in [1.29, 1.82) is 0 Å². The van der Waals surface area contributed by atoms with E-state index in [1.165, 1.54) is 0 Å². The maximum atomic E-state index is 12.7. The highest BCUT2D eigenvalue weighted by Gasteiger charge is 2.26. The molecule has 3 N–H and O–H groups in total. The first-order chi connectivity index (χ1) is 12.7. The van der Waals surface area contributed by atoms with Gasteiger partial charge in [0.05, 0.1) is 6.61 Å². The number of ether oxygens (including phenoxy) is 1. The van der Waals surface area contributed by atoms with E-state index in [1.54, 1.807) is 0 Å². The molecule has 0 amide bonds. The smallest absolute Gasteiger partial charge is 0.165 e. The van der Waals surface area contributed by atoms with Crippen molar-refractivity contribution in [2.24, 2.45) is 17.6 Å². The Balaban J connectivity index is 1.48.